The summed E-state index contributed by atoms with van der Waals surface area (Å²) < 4.78 is 0. The van der Waals surface area contributed by atoms with Crippen LogP contribution >= 0.6 is 0 Å². The number of nitrogens with zero attached hydrogens (tertiary/aromatic N) is 2. The molecule has 1 unspecified atom stereocenters. The predicted octanol–water partition coefficient (Wildman–Crippen LogP) is 6.92. The molecule has 1 atom stereocenters. The molecule has 0 saturated heterocycles. The van der Waals surface area contributed by atoms with Gasteiger partial charge in [-0.25, -0.2) is 0 Å². The third-order valence-corrected chi connectivity index (χ3v) is 5.32. The van der Waals surface area contributed by atoms with Gasteiger partial charge in [-0.15, -0.1) is 0 Å². The molecule has 1 aliphatic rings. The first-order valence-corrected chi connectivity index (χ1v) is 11.0. The molecule has 0 N–H and O–H groups in total. The van der Waals surface area contributed by atoms with Gasteiger partial charge in [0.25, 0.3) is 0 Å². The van der Waals surface area contributed by atoms with Crippen molar-refractivity contribution in [3.63, 3.8) is 0 Å². The van der Waals surface area contributed by atoms with Gasteiger partial charge in [-0.1, -0.05) is 85.0 Å². The van der Waals surface area contributed by atoms with E-state index >= 15 is 0 Å². The summed E-state index contributed by atoms with van der Waals surface area (Å²) in [5.41, 5.74) is 0. The molecule has 0 fully saturated rings. The van der Waals surface area contributed by atoms with Crippen molar-refractivity contribution in [2.45, 2.75) is 117 Å². The van der Waals surface area contributed by atoms with E-state index in [4.69, 9.17) is 0 Å². The van der Waals surface area contributed by atoms with E-state index in [2.05, 4.69) is 43.0 Å². The Morgan fingerprint density at radius 2 is 1.00 bits per heavy atom. The monoisotopic (exact) mass is 336 g/mol. The molecule has 1 aliphatic heterocycles. The summed E-state index contributed by atoms with van der Waals surface area (Å²) in [4.78, 5) is 5.24. The quantitative estimate of drug-likeness (QED) is 0.282. The Hall–Kier alpha value is -0.660. The van der Waals surface area contributed by atoms with Crippen molar-refractivity contribution < 1.29 is 0 Å². The zero-order chi connectivity index (χ0) is 17.5. The lowest BCUT2D eigenvalue weighted by Gasteiger charge is -2.33. The van der Waals surface area contributed by atoms with Gasteiger partial charge in [-0.05, 0) is 25.7 Å². The van der Waals surface area contributed by atoms with E-state index in [1.807, 2.05) is 0 Å². The minimum absolute atomic E-state index is 0.647. The lowest BCUT2D eigenvalue weighted by molar-refractivity contribution is 0.136. The average molecular weight is 337 g/mol. The highest BCUT2D eigenvalue weighted by atomic mass is 15.4. The highest BCUT2D eigenvalue weighted by molar-refractivity contribution is 4.96. The number of hydrogen-bond acceptors (Lipinski definition) is 2. The molecule has 0 aromatic heterocycles. The van der Waals surface area contributed by atoms with Gasteiger partial charge in [0, 0.05) is 25.5 Å². The first-order chi connectivity index (χ1) is 11.8. The summed E-state index contributed by atoms with van der Waals surface area (Å²) in [6.07, 6.45) is 24.7. The van der Waals surface area contributed by atoms with Gasteiger partial charge in [-0.2, -0.15) is 0 Å². The molecule has 0 radical (unpaired) electrons. The maximum atomic E-state index is 2.63. The van der Waals surface area contributed by atoms with Crippen molar-refractivity contribution >= 4 is 0 Å². The van der Waals surface area contributed by atoms with E-state index in [9.17, 15) is 0 Å². The van der Waals surface area contributed by atoms with Gasteiger partial charge in [-0.3, -0.25) is 0 Å². The standard InChI is InChI=1S/C22H44N2/c1-4-7-10-12-13-14-16-19-24-21-20-23(18-9-6-3)22(24)17-15-11-8-5-2/h20-22H,4-19H2,1-3H3. The first kappa shape index (κ1) is 21.4. The SMILES string of the molecule is CCCCCCCCCN1C=CN(CCCC)C1CCCCCC. The predicted molar refractivity (Wildman–Crippen MR) is 108 cm³/mol. The van der Waals surface area contributed by atoms with E-state index in [0.717, 1.165) is 0 Å². The molecule has 1 rings (SSSR count). The summed E-state index contributed by atoms with van der Waals surface area (Å²) in [6.45, 7) is 9.39. The Kier molecular flexibility index (Phi) is 13.1. The molecular formula is C22H44N2. The van der Waals surface area contributed by atoms with Gasteiger partial charge in [0.15, 0.2) is 0 Å². The van der Waals surface area contributed by atoms with Crippen molar-refractivity contribution in [1.29, 1.82) is 0 Å². The fraction of sp³-hybridized carbons (Fsp3) is 0.909. The Bertz CT molecular complexity index is 300. The average Bonchev–Trinajstić information content (AvgIpc) is 2.98. The minimum atomic E-state index is 0.647. The second kappa shape index (κ2) is 14.7. The lowest BCUT2D eigenvalue weighted by atomic mass is 10.1. The van der Waals surface area contributed by atoms with Crippen molar-refractivity contribution in [1.82, 2.24) is 9.80 Å². The van der Waals surface area contributed by atoms with Crippen LogP contribution in [-0.4, -0.2) is 29.1 Å². The summed E-state index contributed by atoms with van der Waals surface area (Å²) >= 11 is 0. The topological polar surface area (TPSA) is 6.48 Å². The van der Waals surface area contributed by atoms with Crippen LogP contribution in [0.15, 0.2) is 12.4 Å². The van der Waals surface area contributed by atoms with Crippen LogP contribution in [0, 0.1) is 0 Å². The van der Waals surface area contributed by atoms with E-state index in [-0.39, 0.29) is 0 Å². The Labute approximate surface area is 152 Å². The summed E-state index contributed by atoms with van der Waals surface area (Å²) in [5.74, 6) is 0. The van der Waals surface area contributed by atoms with Crippen molar-refractivity contribution in [3.05, 3.63) is 12.4 Å². The molecule has 0 spiro atoms. The highest BCUT2D eigenvalue weighted by Gasteiger charge is 2.24. The van der Waals surface area contributed by atoms with Crippen LogP contribution in [0.25, 0.3) is 0 Å². The van der Waals surface area contributed by atoms with Crippen LogP contribution in [0.5, 0.6) is 0 Å². The van der Waals surface area contributed by atoms with Gasteiger partial charge in [0.05, 0.1) is 0 Å². The zero-order valence-corrected chi connectivity index (χ0v) is 16.9. The highest BCUT2D eigenvalue weighted by Crippen LogP contribution is 2.23. The summed E-state index contributed by atoms with van der Waals surface area (Å²) in [5, 5.41) is 0. The Morgan fingerprint density at radius 1 is 0.542 bits per heavy atom. The first-order valence-electron chi connectivity index (χ1n) is 11.0. The molecule has 2 nitrogen and oxygen atoms in total. The van der Waals surface area contributed by atoms with Crippen molar-refractivity contribution in [2.24, 2.45) is 0 Å². The lowest BCUT2D eigenvalue weighted by Crippen LogP contribution is -2.39. The zero-order valence-electron chi connectivity index (χ0n) is 16.9. The molecule has 1 heterocycles. The van der Waals surface area contributed by atoms with Gasteiger partial charge in [0.2, 0.25) is 0 Å². The van der Waals surface area contributed by atoms with Crippen LogP contribution < -0.4 is 0 Å². The molecular weight excluding hydrogens is 292 g/mol. The third kappa shape index (κ3) is 8.99. The normalized spacial score (nSPS) is 17.2. The number of hydrogen-bond donors (Lipinski definition) is 0. The van der Waals surface area contributed by atoms with Crippen LogP contribution in [0.1, 0.15) is 111 Å². The fourth-order valence-electron chi connectivity index (χ4n) is 3.69. The Morgan fingerprint density at radius 3 is 1.58 bits per heavy atom. The van der Waals surface area contributed by atoms with Gasteiger partial charge < -0.3 is 9.80 Å². The van der Waals surface area contributed by atoms with Crippen molar-refractivity contribution in [2.75, 3.05) is 13.1 Å². The Balaban J connectivity index is 2.26. The maximum Gasteiger partial charge on any atom is 0.101 e. The molecule has 24 heavy (non-hydrogen) atoms. The molecule has 0 aromatic carbocycles. The smallest absolute Gasteiger partial charge is 0.101 e. The van der Waals surface area contributed by atoms with Crippen LogP contribution in [0.4, 0.5) is 0 Å². The number of rotatable bonds is 16. The minimum Gasteiger partial charge on any atom is -0.356 e. The third-order valence-electron chi connectivity index (χ3n) is 5.32. The largest absolute Gasteiger partial charge is 0.356 e. The molecule has 0 aliphatic carbocycles. The summed E-state index contributed by atoms with van der Waals surface area (Å²) in [6, 6.07) is 0. The molecule has 0 bridgehead atoms. The number of unbranched alkanes of at least 4 members (excludes halogenated alkanes) is 10. The van der Waals surface area contributed by atoms with Gasteiger partial charge >= 0.3 is 0 Å². The van der Waals surface area contributed by atoms with E-state index in [1.54, 1.807) is 0 Å². The molecule has 2 heteroatoms. The fourth-order valence-corrected chi connectivity index (χ4v) is 3.69. The van der Waals surface area contributed by atoms with Crippen LogP contribution in [-0.2, 0) is 0 Å². The second-order valence-corrected chi connectivity index (χ2v) is 7.58. The molecule has 142 valence electrons. The van der Waals surface area contributed by atoms with Gasteiger partial charge in [0.1, 0.15) is 6.17 Å². The molecule has 0 saturated carbocycles. The van der Waals surface area contributed by atoms with E-state index in [0.29, 0.717) is 6.17 Å². The maximum absolute atomic E-state index is 2.63. The molecule has 0 amide bonds. The van der Waals surface area contributed by atoms with E-state index < -0.39 is 0 Å². The second-order valence-electron chi connectivity index (χ2n) is 7.58. The van der Waals surface area contributed by atoms with E-state index in [1.165, 1.54) is 103 Å². The van der Waals surface area contributed by atoms with Crippen LogP contribution in [0.3, 0.4) is 0 Å². The van der Waals surface area contributed by atoms with Crippen LogP contribution in [0.2, 0.25) is 0 Å². The van der Waals surface area contributed by atoms with Crippen molar-refractivity contribution in [3.8, 4) is 0 Å². The summed E-state index contributed by atoms with van der Waals surface area (Å²) in [7, 11) is 0. The molecule has 0 aromatic rings.